The zero-order valence-corrected chi connectivity index (χ0v) is 18.5. The fourth-order valence-corrected chi connectivity index (χ4v) is 4.52. The molecule has 2 aromatic rings. The Morgan fingerprint density at radius 2 is 1.33 bits per heavy atom. The Bertz CT molecular complexity index is 628. The molecule has 0 spiro atoms. The molecule has 0 N–H and O–H groups in total. The standard InChI is InChI=1S/C19H23S.C4H10.C3H4/c1-20(18-10-6-3-7-11-18)19-14-12-17(13-15-19)16-8-4-2-5-9-16;1-3-4-2;1-3-2/h3,6-7,10-16H,2,4-5,8-9H2,1H3;3-4H2,1-2H3;1H,2H3/q+1;;. The maximum atomic E-state index is 4.60. The van der Waals surface area contributed by atoms with Crippen LogP contribution in [0.3, 0.4) is 0 Å². The van der Waals surface area contributed by atoms with E-state index in [0.29, 0.717) is 0 Å². The Morgan fingerprint density at radius 1 is 0.852 bits per heavy atom. The van der Waals surface area contributed by atoms with E-state index in [9.17, 15) is 0 Å². The van der Waals surface area contributed by atoms with Crippen LogP contribution in [0, 0.1) is 12.3 Å². The predicted molar refractivity (Wildman–Crippen MR) is 124 cm³/mol. The minimum Gasteiger partial charge on any atom is -0.120 e. The molecule has 0 saturated heterocycles. The third-order valence-electron chi connectivity index (χ3n) is 4.91. The van der Waals surface area contributed by atoms with Crippen molar-refractivity contribution in [1.29, 1.82) is 0 Å². The van der Waals surface area contributed by atoms with Gasteiger partial charge in [0.25, 0.3) is 0 Å². The van der Waals surface area contributed by atoms with Crippen LogP contribution in [0.2, 0.25) is 0 Å². The van der Waals surface area contributed by atoms with Crippen molar-refractivity contribution in [2.24, 2.45) is 0 Å². The molecule has 1 unspecified atom stereocenters. The van der Waals surface area contributed by atoms with Crippen LogP contribution in [-0.4, -0.2) is 6.26 Å². The number of benzene rings is 2. The van der Waals surface area contributed by atoms with Crippen LogP contribution in [0.4, 0.5) is 0 Å². The van der Waals surface area contributed by atoms with Gasteiger partial charge in [0.1, 0.15) is 6.26 Å². The van der Waals surface area contributed by atoms with Crippen molar-refractivity contribution in [3.05, 3.63) is 60.2 Å². The second kappa shape index (κ2) is 14.4. The summed E-state index contributed by atoms with van der Waals surface area (Å²) >= 11 is 0. The summed E-state index contributed by atoms with van der Waals surface area (Å²) in [6.45, 7) is 6.01. The summed E-state index contributed by atoms with van der Waals surface area (Å²) < 4.78 is 0. The third-order valence-corrected chi connectivity index (χ3v) is 6.87. The molecule has 1 heteroatoms. The summed E-state index contributed by atoms with van der Waals surface area (Å²) in [4.78, 5) is 2.88. The minimum absolute atomic E-state index is 0.190. The average molecular weight is 382 g/mol. The lowest BCUT2D eigenvalue weighted by Gasteiger charge is -2.21. The van der Waals surface area contributed by atoms with Crippen LogP contribution >= 0.6 is 0 Å². The maximum absolute atomic E-state index is 4.60. The SMILES string of the molecule is C#CC.CCCC.C[S+](c1ccccc1)c1ccc(C2CCCCC2)cc1. The molecular weight excluding hydrogens is 344 g/mol. The first-order valence-corrected chi connectivity index (χ1v) is 12.0. The number of terminal acetylenes is 1. The van der Waals surface area contributed by atoms with Crippen LogP contribution in [0.15, 0.2) is 64.4 Å². The Kier molecular flexibility index (Phi) is 12.5. The van der Waals surface area contributed by atoms with Gasteiger partial charge >= 0.3 is 0 Å². The van der Waals surface area contributed by atoms with E-state index in [0.717, 1.165) is 5.92 Å². The highest BCUT2D eigenvalue weighted by Crippen LogP contribution is 2.33. The van der Waals surface area contributed by atoms with Crippen LogP contribution in [0.1, 0.15) is 77.2 Å². The molecule has 1 aliphatic rings. The topological polar surface area (TPSA) is 0 Å². The van der Waals surface area contributed by atoms with E-state index in [1.54, 1.807) is 12.5 Å². The molecule has 0 nitrogen and oxygen atoms in total. The zero-order valence-electron chi connectivity index (χ0n) is 17.7. The van der Waals surface area contributed by atoms with Gasteiger partial charge < -0.3 is 0 Å². The molecule has 2 aromatic carbocycles. The van der Waals surface area contributed by atoms with Gasteiger partial charge in [0, 0.05) is 0 Å². The molecule has 0 aromatic heterocycles. The molecule has 1 saturated carbocycles. The zero-order chi connectivity index (χ0) is 19.9. The van der Waals surface area contributed by atoms with Gasteiger partial charge in [-0.3, -0.25) is 0 Å². The van der Waals surface area contributed by atoms with Crippen LogP contribution in [0.25, 0.3) is 0 Å². The highest BCUT2D eigenvalue weighted by Gasteiger charge is 2.20. The normalized spacial score (nSPS) is 14.6. The molecule has 1 aliphatic carbocycles. The Labute approximate surface area is 171 Å². The van der Waals surface area contributed by atoms with Gasteiger partial charge in [-0.1, -0.05) is 76.3 Å². The Morgan fingerprint density at radius 3 is 1.81 bits per heavy atom. The van der Waals surface area contributed by atoms with Gasteiger partial charge in [-0.2, -0.15) is 0 Å². The van der Waals surface area contributed by atoms with Gasteiger partial charge in [-0.15, -0.1) is 12.3 Å². The lowest BCUT2D eigenvalue weighted by molar-refractivity contribution is 0.443. The lowest BCUT2D eigenvalue weighted by Crippen LogP contribution is -2.05. The molecule has 0 radical (unpaired) electrons. The smallest absolute Gasteiger partial charge is 0.120 e. The van der Waals surface area contributed by atoms with Crippen LogP contribution in [0.5, 0.6) is 0 Å². The summed E-state index contributed by atoms with van der Waals surface area (Å²) in [7, 11) is 0.190. The van der Waals surface area contributed by atoms with E-state index in [1.165, 1.54) is 54.7 Å². The molecule has 0 heterocycles. The molecule has 146 valence electrons. The predicted octanol–water partition coefficient (Wildman–Crippen LogP) is 7.85. The summed E-state index contributed by atoms with van der Waals surface area (Å²) in [6, 6.07) is 20.3. The fourth-order valence-electron chi connectivity index (χ4n) is 3.14. The molecule has 1 atom stereocenters. The summed E-state index contributed by atoms with van der Waals surface area (Å²) in [5, 5.41) is 0. The second-order valence-electron chi connectivity index (χ2n) is 7.02. The van der Waals surface area contributed by atoms with E-state index in [2.05, 4.69) is 87.0 Å². The number of unbranched alkanes of at least 4 members (excludes halogenated alkanes) is 1. The van der Waals surface area contributed by atoms with Gasteiger partial charge in [0.2, 0.25) is 0 Å². The van der Waals surface area contributed by atoms with Crippen molar-refractivity contribution in [2.75, 3.05) is 6.26 Å². The largest absolute Gasteiger partial charge is 0.160 e. The first-order chi connectivity index (χ1) is 13.2. The highest BCUT2D eigenvalue weighted by molar-refractivity contribution is 7.96. The quantitative estimate of drug-likeness (QED) is 0.373. The van der Waals surface area contributed by atoms with E-state index in [4.69, 9.17) is 0 Å². The third kappa shape index (κ3) is 8.72. The molecule has 27 heavy (non-hydrogen) atoms. The van der Waals surface area contributed by atoms with Crippen molar-refractivity contribution in [2.45, 2.75) is 81.4 Å². The fraction of sp³-hybridized carbons (Fsp3) is 0.462. The number of hydrogen-bond donors (Lipinski definition) is 0. The monoisotopic (exact) mass is 381 g/mol. The Balaban J connectivity index is 0.000000453. The average Bonchev–Trinajstić information content (AvgIpc) is 2.75. The lowest BCUT2D eigenvalue weighted by atomic mass is 9.84. The van der Waals surface area contributed by atoms with E-state index >= 15 is 0 Å². The molecule has 3 rings (SSSR count). The van der Waals surface area contributed by atoms with Crippen molar-refractivity contribution < 1.29 is 0 Å². The van der Waals surface area contributed by atoms with Gasteiger partial charge in [0.05, 0.1) is 10.9 Å². The van der Waals surface area contributed by atoms with Crippen LogP contribution in [-0.2, 0) is 10.9 Å². The van der Waals surface area contributed by atoms with E-state index < -0.39 is 0 Å². The van der Waals surface area contributed by atoms with Crippen molar-refractivity contribution in [3.63, 3.8) is 0 Å². The van der Waals surface area contributed by atoms with Crippen LogP contribution < -0.4 is 0 Å². The van der Waals surface area contributed by atoms with Crippen molar-refractivity contribution in [1.82, 2.24) is 0 Å². The molecular formula is C26H37S+. The van der Waals surface area contributed by atoms with Gasteiger partial charge in [-0.25, -0.2) is 0 Å². The van der Waals surface area contributed by atoms with E-state index in [-0.39, 0.29) is 10.9 Å². The number of hydrogen-bond acceptors (Lipinski definition) is 0. The van der Waals surface area contributed by atoms with Gasteiger partial charge in [0.15, 0.2) is 9.79 Å². The number of rotatable bonds is 4. The molecule has 0 amide bonds. The van der Waals surface area contributed by atoms with Crippen molar-refractivity contribution >= 4 is 10.9 Å². The molecule has 1 fully saturated rings. The Hall–Kier alpha value is -1.65. The molecule has 0 aliphatic heterocycles. The highest BCUT2D eigenvalue weighted by atomic mass is 32.2. The maximum Gasteiger partial charge on any atom is 0.160 e. The first kappa shape index (κ1) is 23.4. The van der Waals surface area contributed by atoms with Gasteiger partial charge in [-0.05, 0) is 55.5 Å². The minimum atomic E-state index is 0.190. The van der Waals surface area contributed by atoms with Crippen molar-refractivity contribution in [3.8, 4) is 12.3 Å². The molecule has 0 bridgehead atoms. The first-order valence-electron chi connectivity index (χ1n) is 10.4. The summed E-state index contributed by atoms with van der Waals surface area (Å²) in [5.41, 5.74) is 1.55. The summed E-state index contributed by atoms with van der Waals surface area (Å²) in [6.07, 6.45) is 16.6. The van der Waals surface area contributed by atoms with E-state index in [1.807, 2.05) is 0 Å². The summed E-state index contributed by atoms with van der Waals surface area (Å²) in [5.74, 6) is 3.06. The second-order valence-corrected chi connectivity index (χ2v) is 8.98.